The van der Waals surface area contributed by atoms with Gasteiger partial charge in [0.2, 0.25) is 0 Å². The molecule has 0 fully saturated rings. The molecule has 0 unspecified atom stereocenters. The lowest BCUT2D eigenvalue weighted by Gasteiger charge is -2.32. The minimum absolute atomic E-state index is 0.0670. The Balaban J connectivity index is 1.30. The zero-order chi connectivity index (χ0) is 39.2. The van der Waals surface area contributed by atoms with E-state index in [1.807, 2.05) is 0 Å². The van der Waals surface area contributed by atoms with E-state index in [0.717, 1.165) is 22.7 Å². The molecule has 2 nitrogen and oxygen atoms in total. The van der Waals surface area contributed by atoms with Crippen LogP contribution in [-0.4, -0.2) is 4.57 Å². The molecular formula is C56H44N2. The molecule has 10 rings (SSSR count). The van der Waals surface area contributed by atoms with E-state index in [1.165, 1.54) is 71.5 Å². The van der Waals surface area contributed by atoms with Crippen LogP contribution in [0.3, 0.4) is 0 Å². The van der Waals surface area contributed by atoms with Crippen molar-refractivity contribution >= 4 is 49.6 Å². The molecule has 0 saturated carbocycles. The Labute approximate surface area is 340 Å². The van der Waals surface area contributed by atoms with Crippen molar-refractivity contribution in [3.05, 3.63) is 218 Å². The van der Waals surface area contributed by atoms with Gasteiger partial charge in [-0.1, -0.05) is 185 Å². The number of para-hydroxylation sites is 3. The van der Waals surface area contributed by atoms with Crippen LogP contribution in [0.25, 0.3) is 71.6 Å². The minimum Gasteiger partial charge on any atom is -0.309 e. The molecule has 10 aromatic rings. The average molecular weight is 745 g/mol. The average Bonchev–Trinajstić information content (AvgIpc) is 3.60. The predicted molar refractivity (Wildman–Crippen MR) is 248 cm³/mol. The van der Waals surface area contributed by atoms with Crippen molar-refractivity contribution in [1.29, 1.82) is 0 Å². The number of benzene rings is 9. The summed E-state index contributed by atoms with van der Waals surface area (Å²) in [4.78, 5) is 2.52. The predicted octanol–water partition coefficient (Wildman–Crippen LogP) is 15.7. The Morgan fingerprint density at radius 2 is 0.983 bits per heavy atom. The number of fused-ring (bicyclic) bond motifs is 4. The molecule has 0 aliphatic heterocycles. The second-order valence-electron chi connectivity index (χ2n) is 16.2. The van der Waals surface area contributed by atoms with E-state index in [-0.39, 0.29) is 5.41 Å². The SMILES string of the molecule is CC(C)(C)c1ccc(-c2ccccc2)c(N(c2ccc3c(c2)c2ccccc2n3-c2ccccc2)c2ccccc2-c2cccc3cccc(-c4ccccc4)c23)c1. The lowest BCUT2D eigenvalue weighted by Crippen LogP contribution is -2.16. The van der Waals surface area contributed by atoms with E-state index in [2.05, 4.69) is 243 Å². The summed E-state index contributed by atoms with van der Waals surface area (Å²) >= 11 is 0. The minimum atomic E-state index is -0.0670. The summed E-state index contributed by atoms with van der Waals surface area (Å²) in [6.07, 6.45) is 0. The molecule has 0 atom stereocenters. The Morgan fingerprint density at radius 3 is 1.71 bits per heavy atom. The van der Waals surface area contributed by atoms with Crippen molar-refractivity contribution in [2.75, 3.05) is 4.90 Å². The molecular weight excluding hydrogens is 701 g/mol. The van der Waals surface area contributed by atoms with Gasteiger partial charge in [-0.15, -0.1) is 0 Å². The molecule has 0 saturated heterocycles. The van der Waals surface area contributed by atoms with Crippen LogP contribution >= 0.6 is 0 Å². The second kappa shape index (κ2) is 14.4. The molecule has 0 bridgehead atoms. The lowest BCUT2D eigenvalue weighted by atomic mass is 9.85. The molecule has 1 aromatic heterocycles. The summed E-state index contributed by atoms with van der Waals surface area (Å²) in [6, 6.07) is 77.6. The van der Waals surface area contributed by atoms with Crippen LogP contribution in [0.4, 0.5) is 17.1 Å². The maximum atomic E-state index is 2.52. The highest BCUT2D eigenvalue weighted by molar-refractivity contribution is 6.12. The van der Waals surface area contributed by atoms with Gasteiger partial charge in [-0.2, -0.15) is 0 Å². The standard InChI is InChI=1S/C56H44N2/c1-56(2,3)42-33-35-45(39-19-7-4-8-20-39)54(37-42)58(44-34-36-53-50(38-44)48-28-14-16-32-52(48)57(53)43-25-11-6-12-26-43)51-31-15-13-27-47(51)49-30-18-24-41-23-17-29-46(55(41)49)40-21-9-5-10-22-40/h4-38H,1-3H3. The fourth-order valence-electron chi connectivity index (χ4n) is 8.73. The summed E-state index contributed by atoms with van der Waals surface area (Å²) in [5.74, 6) is 0. The quantitative estimate of drug-likeness (QED) is 0.158. The van der Waals surface area contributed by atoms with Crippen molar-refractivity contribution in [3.63, 3.8) is 0 Å². The van der Waals surface area contributed by atoms with E-state index in [1.54, 1.807) is 0 Å². The van der Waals surface area contributed by atoms with Gasteiger partial charge in [0, 0.05) is 33.3 Å². The molecule has 2 heteroatoms. The van der Waals surface area contributed by atoms with E-state index >= 15 is 0 Å². The van der Waals surface area contributed by atoms with Gasteiger partial charge >= 0.3 is 0 Å². The fraction of sp³-hybridized carbons (Fsp3) is 0.0714. The normalized spacial score (nSPS) is 11.7. The van der Waals surface area contributed by atoms with Crippen LogP contribution in [-0.2, 0) is 5.41 Å². The molecule has 0 N–H and O–H groups in total. The third-order valence-corrected chi connectivity index (χ3v) is 11.5. The van der Waals surface area contributed by atoms with E-state index in [0.29, 0.717) is 0 Å². The largest absolute Gasteiger partial charge is 0.309 e. The summed E-state index contributed by atoms with van der Waals surface area (Å²) in [7, 11) is 0. The second-order valence-corrected chi connectivity index (χ2v) is 16.2. The first-order chi connectivity index (χ1) is 28.4. The number of hydrogen-bond donors (Lipinski definition) is 0. The van der Waals surface area contributed by atoms with Crippen molar-refractivity contribution in [2.45, 2.75) is 26.2 Å². The maximum absolute atomic E-state index is 2.52. The highest BCUT2D eigenvalue weighted by Crippen LogP contribution is 2.49. The van der Waals surface area contributed by atoms with Gasteiger partial charge in [-0.25, -0.2) is 0 Å². The van der Waals surface area contributed by atoms with Crippen LogP contribution in [0, 0.1) is 0 Å². The van der Waals surface area contributed by atoms with E-state index < -0.39 is 0 Å². The zero-order valence-corrected chi connectivity index (χ0v) is 33.1. The number of aromatic nitrogens is 1. The molecule has 1 heterocycles. The summed E-state index contributed by atoms with van der Waals surface area (Å²) in [5, 5.41) is 4.90. The number of nitrogens with zero attached hydrogens (tertiary/aromatic N) is 2. The van der Waals surface area contributed by atoms with Crippen molar-refractivity contribution in [3.8, 4) is 39.1 Å². The first kappa shape index (κ1) is 35.3. The Hall–Kier alpha value is -7.16. The Morgan fingerprint density at radius 1 is 0.397 bits per heavy atom. The van der Waals surface area contributed by atoms with Crippen LogP contribution in [0.5, 0.6) is 0 Å². The summed E-state index contributed by atoms with van der Waals surface area (Å²) in [5.41, 5.74) is 15.3. The van der Waals surface area contributed by atoms with E-state index in [4.69, 9.17) is 0 Å². The van der Waals surface area contributed by atoms with Crippen LogP contribution in [0.1, 0.15) is 26.3 Å². The summed E-state index contributed by atoms with van der Waals surface area (Å²) in [6.45, 7) is 6.91. The number of rotatable bonds is 7. The lowest BCUT2D eigenvalue weighted by molar-refractivity contribution is 0.590. The third kappa shape index (κ3) is 6.15. The van der Waals surface area contributed by atoms with Gasteiger partial charge in [0.15, 0.2) is 0 Å². The van der Waals surface area contributed by atoms with Gasteiger partial charge in [0.25, 0.3) is 0 Å². The topological polar surface area (TPSA) is 8.17 Å². The smallest absolute Gasteiger partial charge is 0.0543 e. The zero-order valence-electron chi connectivity index (χ0n) is 33.1. The first-order valence-corrected chi connectivity index (χ1v) is 20.2. The molecule has 0 aliphatic rings. The molecule has 0 radical (unpaired) electrons. The molecule has 278 valence electrons. The Bertz CT molecular complexity index is 3070. The molecule has 0 spiro atoms. The van der Waals surface area contributed by atoms with Gasteiger partial charge in [-0.3, -0.25) is 0 Å². The third-order valence-electron chi connectivity index (χ3n) is 11.5. The Kier molecular flexibility index (Phi) is 8.76. The van der Waals surface area contributed by atoms with Crippen LogP contribution < -0.4 is 4.90 Å². The van der Waals surface area contributed by atoms with Gasteiger partial charge in [0.05, 0.1) is 22.4 Å². The van der Waals surface area contributed by atoms with Crippen molar-refractivity contribution < 1.29 is 0 Å². The van der Waals surface area contributed by atoms with Gasteiger partial charge in [-0.05, 0) is 92.5 Å². The number of anilines is 3. The number of hydrogen-bond acceptors (Lipinski definition) is 1. The molecule has 0 aliphatic carbocycles. The monoisotopic (exact) mass is 744 g/mol. The maximum Gasteiger partial charge on any atom is 0.0543 e. The van der Waals surface area contributed by atoms with Crippen molar-refractivity contribution in [2.24, 2.45) is 0 Å². The first-order valence-electron chi connectivity index (χ1n) is 20.2. The molecule has 9 aromatic carbocycles. The van der Waals surface area contributed by atoms with Crippen LogP contribution in [0.15, 0.2) is 212 Å². The van der Waals surface area contributed by atoms with Gasteiger partial charge in [0.1, 0.15) is 0 Å². The fourth-order valence-corrected chi connectivity index (χ4v) is 8.73. The molecule has 58 heavy (non-hydrogen) atoms. The highest BCUT2D eigenvalue weighted by Gasteiger charge is 2.25. The highest BCUT2D eigenvalue weighted by atomic mass is 15.1. The van der Waals surface area contributed by atoms with Crippen LogP contribution in [0.2, 0.25) is 0 Å². The summed E-state index contributed by atoms with van der Waals surface area (Å²) < 4.78 is 2.39. The van der Waals surface area contributed by atoms with Gasteiger partial charge < -0.3 is 9.47 Å². The van der Waals surface area contributed by atoms with E-state index in [9.17, 15) is 0 Å². The van der Waals surface area contributed by atoms with Crippen molar-refractivity contribution in [1.82, 2.24) is 4.57 Å². The molecule has 0 amide bonds.